The van der Waals surface area contributed by atoms with E-state index in [9.17, 15) is 0 Å². The molecule has 9 rings (SSSR count). The number of thiophene rings is 1. The molecule has 0 saturated carbocycles. The maximum absolute atomic E-state index is 6.58. The Kier molecular flexibility index (Phi) is 8.24. The molecule has 0 saturated heterocycles. The van der Waals surface area contributed by atoms with Gasteiger partial charge in [0, 0.05) is 58.8 Å². The standard InChI is InChI=1S/C39H13B10N3OS/c40-25-23(26(41)30(45)33(48)29(25)44)38-50-37(51-39(52-38)24-27(42)31(46)34(49)32(47)28(24)43)14-11-12-21-20(13-14)17-7-3-6-16(35(17)53-21)19-9-4-8-18-15-5-1-2-10-22(15)54-36(18)19/h1-13H. The zero-order valence-corrected chi connectivity index (χ0v) is 29.3. The maximum Gasteiger partial charge on any atom is 0.164 e. The van der Waals surface area contributed by atoms with Gasteiger partial charge in [0.05, 0.1) is 0 Å². The molecule has 226 valence electrons. The molecule has 0 unspecified atom stereocenters. The monoisotopic (exact) mass is 681 g/mol. The minimum absolute atomic E-state index is 0.0204. The third-order valence-corrected chi connectivity index (χ3v) is 11.2. The Morgan fingerprint density at radius 2 is 0.926 bits per heavy atom. The number of aromatic nitrogens is 3. The van der Waals surface area contributed by atoms with Crippen LogP contribution in [0.3, 0.4) is 0 Å². The van der Waals surface area contributed by atoms with Crippen molar-refractivity contribution in [1.29, 1.82) is 0 Å². The second-order valence-electron chi connectivity index (χ2n) is 13.0. The van der Waals surface area contributed by atoms with E-state index in [-0.39, 0.29) is 83.2 Å². The highest BCUT2D eigenvalue weighted by molar-refractivity contribution is 7.26. The summed E-state index contributed by atoms with van der Waals surface area (Å²) in [5.41, 5.74) is 4.61. The first-order valence-electron chi connectivity index (χ1n) is 16.6. The molecular weight excluding hydrogens is 667 g/mol. The lowest BCUT2D eigenvalue weighted by Gasteiger charge is -2.22. The molecule has 0 aliphatic heterocycles. The van der Waals surface area contributed by atoms with Gasteiger partial charge in [-0.25, -0.2) is 15.0 Å². The van der Waals surface area contributed by atoms with Crippen LogP contribution in [-0.4, -0.2) is 93.4 Å². The van der Waals surface area contributed by atoms with Crippen molar-refractivity contribution >= 4 is 187 Å². The molecule has 20 radical (unpaired) electrons. The Bertz CT molecular complexity index is 2940. The maximum atomic E-state index is 6.58. The van der Waals surface area contributed by atoms with Crippen molar-refractivity contribution in [3.63, 3.8) is 0 Å². The van der Waals surface area contributed by atoms with Gasteiger partial charge in [0.25, 0.3) is 0 Å². The van der Waals surface area contributed by atoms with Crippen LogP contribution in [-0.2, 0) is 0 Å². The number of hydrogen-bond donors (Lipinski definition) is 0. The first kappa shape index (κ1) is 34.7. The van der Waals surface area contributed by atoms with Crippen molar-refractivity contribution < 1.29 is 4.42 Å². The summed E-state index contributed by atoms with van der Waals surface area (Å²) < 4.78 is 8.99. The van der Waals surface area contributed by atoms with Gasteiger partial charge in [0.15, 0.2) is 17.5 Å². The van der Waals surface area contributed by atoms with Crippen LogP contribution in [0, 0.1) is 0 Å². The first-order valence-corrected chi connectivity index (χ1v) is 17.4. The Hall–Kier alpha value is -5.00. The number of nitrogens with zero attached hydrogens (tertiary/aromatic N) is 3. The minimum Gasteiger partial charge on any atom is -0.455 e. The van der Waals surface area contributed by atoms with Gasteiger partial charge in [-0.2, -0.15) is 0 Å². The van der Waals surface area contributed by atoms with Gasteiger partial charge in [0.1, 0.15) is 89.6 Å². The predicted molar refractivity (Wildman–Crippen MR) is 236 cm³/mol. The third kappa shape index (κ3) is 5.15. The van der Waals surface area contributed by atoms with Gasteiger partial charge in [0.2, 0.25) is 0 Å². The zero-order chi connectivity index (χ0) is 37.7. The molecule has 0 N–H and O–H groups in total. The van der Waals surface area contributed by atoms with Crippen molar-refractivity contribution in [1.82, 2.24) is 15.0 Å². The van der Waals surface area contributed by atoms with E-state index in [0.717, 1.165) is 27.5 Å². The fraction of sp³-hybridized carbons (Fsp3) is 0. The van der Waals surface area contributed by atoms with Crippen molar-refractivity contribution in [2.45, 2.75) is 0 Å². The van der Waals surface area contributed by atoms with Crippen LogP contribution in [0.2, 0.25) is 0 Å². The smallest absolute Gasteiger partial charge is 0.164 e. The Labute approximate surface area is 328 Å². The molecule has 54 heavy (non-hydrogen) atoms. The average molecular weight is 680 g/mol. The van der Waals surface area contributed by atoms with Crippen LogP contribution in [0.25, 0.3) is 87.4 Å². The summed E-state index contributed by atoms with van der Waals surface area (Å²) in [7, 11) is 63.1. The van der Waals surface area contributed by atoms with E-state index in [4.69, 9.17) is 97.8 Å². The summed E-state index contributed by atoms with van der Waals surface area (Å²) in [5.74, 6) is 0.247. The van der Waals surface area contributed by atoms with Crippen LogP contribution < -0.4 is 54.6 Å². The highest BCUT2D eigenvalue weighted by Crippen LogP contribution is 2.43. The second-order valence-corrected chi connectivity index (χ2v) is 14.0. The minimum atomic E-state index is 0.0204. The van der Waals surface area contributed by atoms with Crippen LogP contribution >= 0.6 is 11.3 Å². The molecule has 0 bridgehead atoms. The zero-order valence-electron chi connectivity index (χ0n) is 28.4. The largest absolute Gasteiger partial charge is 0.455 e. The Balaban J connectivity index is 1.28. The topological polar surface area (TPSA) is 51.8 Å². The second kappa shape index (κ2) is 12.8. The normalized spacial score (nSPS) is 11.7. The Morgan fingerprint density at radius 1 is 0.426 bits per heavy atom. The lowest BCUT2D eigenvalue weighted by molar-refractivity contribution is 0.670. The summed E-state index contributed by atoms with van der Waals surface area (Å²) >= 11 is 1.76. The Morgan fingerprint density at radius 3 is 1.54 bits per heavy atom. The van der Waals surface area contributed by atoms with Crippen LogP contribution in [0.5, 0.6) is 0 Å². The van der Waals surface area contributed by atoms with E-state index in [1.54, 1.807) is 11.3 Å². The summed E-state index contributed by atoms with van der Waals surface area (Å²) in [6.45, 7) is 0. The van der Waals surface area contributed by atoms with Crippen LogP contribution in [0.4, 0.5) is 0 Å². The van der Waals surface area contributed by atoms with Crippen molar-refractivity contribution in [2.75, 3.05) is 0 Å². The summed E-state index contributed by atoms with van der Waals surface area (Å²) in [5, 5.41) is 4.15. The van der Waals surface area contributed by atoms with E-state index in [0.29, 0.717) is 11.1 Å². The highest BCUT2D eigenvalue weighted by Gasteiger charge is 2.22. The lowest BCUT2D eigenvalue weighted by Crippen LogP contribution is -2.55. The van der Waals surface area contributed by atoms with Gasteiger partial charge >= 0.3 is 0 Å². The van der Waals surface area contributed by atoms with Gasteiger partial charge in [-0.1, -0.05) is 76.4 Å². The lowest BCUT2D eigenvalue weighted by atomic mass is 9.60. The van der Waals surface area contributed by atoms with Gasteiger partial charge in [-0.3, -0.25) is 0 Å². The van der Waals surface area contributed by atoms with Crippen molar-refractivity contribution in [3.05, 3.63) is 78.9 Å². The number of hydrogen-bond acceptors (Lipinski definition) is 5. The molecule has 0 aliphatic rings. The predicted octanol–water partition coefficient (Wildman–Crippen LogP) is -1.26. The van der Waals surface area contributed by atoms with E-state index in [2.05, 4.69) is 48.5 Å². The quantitative estimate of drug-likeness (QED) is 0.219. The molecule has 6 aromatic carbocycles. The van der Waals surface area contributed by atoms with Gasteiger partial charge in [-0.15, -0.1) is 44.1 Å². The molecule has 0 aliphatic carbocycles. The summed E-state index contributed by atoms with van der Waals surface area (Å²) in [6, 6.07) is 26.5. The fourth-order valence-corrected chi connectivity index (χ4v) is 8.25. The first-order chi connectivity index (χ1) is 25.9. The molecular formula is C39H13B10N3OS. The van der Waals surface area contributed by atoms with Crippen LogP contribution in [0.1, 0.15) is 0 Å². The molecule has 3 heterocycles. The molecule has 15 heteroatoms. The number of rotatable bonds is 4. The van der Waals surface area contributed by atoms with E-state index >= 15 is 0 Å². The molecule has 0 amide bonds. The third-order valence-electron chi connectivity index (χ3n) is 9.93. The molecule has 0 fully saturated rings. The van der Waals surface area contributed by atoms with Crippen molar-refractivity contribution in [2.24, 2.45) is 0 Å². The highest BCUT2D eigenvalue weighted by atomic mass is 32.1. The SMILES string of the molecule is [B]c1c([B])c([B])c(-c2nc(-c3ccc4oc5c(-c6cccc7c6sc6ccccc67)cccc5c4c3)nc(-c3c([B])c([B])c([B])c([B])c3[B])n2)c([B])c1[B]. The molecule has 9 aromatic rings. The summed E-state index contributed by atoms with van der Waals surface area (Å²) in [4.78, 5) is 14.3. The average Bonchev–Trinajstić information content (AvgIpc) is 3.76. The molecule has 0 atom stereocenters. The van der Waals surface area contributed by atoms with Gasteiger partial charge < -0.3 is 4.42 Å². The van der Waals surface area contributed by atoms with E-state index in [1.165, 1.54) is 20.2 Å². The van der Waals surface area contributed by atoms with Gasteiger partial charge in [-0.05, 0) is 24.3 Å². The fourth-order valence-electron chi connectivity index (χ4n) is 7.02. The van der Waals surface area contributed by atoms with Crippen molar-refractivity contribution in [3.8, 4) is 45.3 Å². The molecule has 0 spiro atoms. The number of para-hydroxylation sites is 1. The number of benzene rings is 6. The van der Waals surface area contributed by atoms with Crippen LogP contribution in [0.15, 0.2) is 83.3 Å². The summed E-state index contributed by atoms with van der Waals surface area (Å²) in [6.07, 6.45) is 0. The molecule has 3 aromatic heterocycles. The molecule has 4 nitrogen and oxygen atoms in total. The number of fused-ring (bicyclic) bond motifs is 6. The van der Waals surface area contributed by atoms with E-state index in [1.807, 2.05) is 30.3 Å². The van der Waals surface area contributed by atoms with E-state index < -0.39 is 0 Å². The number of furan rings is 1.